The average molecular weight is 389 g/mol. The Labute approximate surface area is 168 Å². The molecule has 5 N–H and O–H groups in total. The van der Waals surface area contributed by atoms with E-state index in [-0.39, 0.29) is 0 Å². The molecule has 2 unspecified atom stereocenters. The predicted molar refractivity (Wildman–Crippen MR) is 114 cm³/mol. The zero-order valence-corrected chi connectivity index (χ0v) is 17.6. The van der Waals surface area contributed by atoms with Crippen LogP contribution in [-0.2, 0) is 4.84 Å². The number of allylic oxidation sites excluding steroid dienone is 1. The minimum absolute atomic E-state index is 0.419. The Kier molecular flexibility index (Phi) is 6.99. The highest BCUT2D eigenvalue weighted by Gasteiger charge is 2.32. The molecule has 0 aromatic carbocycles. The maximum Gasteiger partial charge on any atom is 0.258 e. The van der Waals surface area contributed by atoms with Crippen LogP contribution in [0.4, 0.5) is 0 Å². The van der Waals surface area contributed by atoms with E-state index in [1.54, 1.807) is 6.08 Å². The largest absolute Gasteiger partial charge is 0.402 e. The molecular weight excluding hydrogens is 352 g/mol. The van der Waals surface area contributed by atoms with Gasteiger partial charge in [-0.3, -0.25) is 5.41 Å². The fourth-order valence-electron chi connectivity index (χ4n) is 4.51. The zero-order chi connectivity index (χ0) is 20.1. The van der Waals surface area contributed by atoms with Gasteiger partial charge in [0.2, 0.25) is 0 Å². The van der Waals surface area contributed by atoms with Crippen LogP contribution < -0.4 is 16.5 Å². The van der Waals surface area contributed by atoms with E-state index in [9.17, 15) is 0 Å². The SMILES string of the molecule is CCC1CN(C(=N)C(/C=C(/C)N)=C2N=C(C)NO2)CCC1NC1CCCCC1. The number of hydrogen-bond acceptors (Lipinski definition) is 6. The minimum atomic E-state index is 0.419. The number of rotatable bonds is 5. The number of nitrogens with two attached hydrogens (primary N) is 1. The van der Waals surface area contributed by atoms with Crippen molar-refractivity contribution in [3.63, 3.8) is 0 Å². The Morgan fingerprint density at radius 1 is 1.36 bits per heavy atom. The van der Waals surface area contributed by atoms with Crippen molar-refractivity contribution in [1.29, 1.82) is 5.41 Å². The standard InChI is InChI=1S/C21H36N6O/c1-4-16-13-27(11-10-19(16)25-17-8-6-5-7-9-17)20(23)18(12-14(2)22)21-24-15(3)26-28-21/h12,16-17,19,23,25H,4-11,13,22H2,1-3H3,(H,24,26)/b14-12-,21-18?,23-20?. The molecule has 28 heavy (non-hydrogen) atoms. The van der Waals surface area contributed by atoms with Gasteiger partial charge in [0.05, 0.1) is 5.57 Å². The van der Waals surface area contributed by atoms with Crippen LogP contribution in [0.3, 0.4) is 0 Å². The van der Waals surface area contributed by atoms with Gasteiger partial charge in [0.25, 0.3) is 5.88 Å². The van der Waals surface area contributed by atoms with Gasteiger partial charge in [-0.05, 0) is 45.1 Å². The van der Waals surface area contributed by atoms with Crippen LogP contribution >= 0.6 is 0 Å². The number of nitrogens with zero attached hydrogens (tertiary/aromatic N) is 2. The first-order chi connectivity index (χ1) is 13.5. The molecule has 2 aliphatic heterocycles. The molecular formula is C21H36N6O. The van der Waals surface area contributed by atoms with E-state index in [4.69, 9.17) is 16.0 Å². The minimum Gasteiger partial charge on any atom is -0.402 e. The molecule has 0 bridgehead atoms. The predicted octanol–water partition coefficient (Wildman–Crippen LogP) is 3.01. The molecule has 7 nitrogen and oxygen atoms in total. The molecule has 2 heterocycles. The number of nitrogens with one attached hydrogen (secondary N) is 3. The Balaban J connectivity index is 1.69. The summed E-state index contributed by atoms with van der Waals surface area (Å²) in [6.07, 6.45) is 10.7. The summed E-state index contributed by atoms with van der Waals surface area (Å²) < 4.78 is 0. The molecule has 2 fully saturated rings. The molecule has 2 atom stereocenters. The van der Waals surface area contributed by atoms with Crippen molar-refractivity contribution in [2.24, 2.45) is 16.6 Å². The van der Waals surface area contributed by atoms with Crippen molar-refractivity contribution in [3.8, 4) is 0 Å². The van der Waals surface area contributed by atoms with E-state index in [0.717, 1.165) is 25.9 Å². The van der Waals surface area contributed by atoms with Gasteiger partial charge in [0.1, 0.15) is 11.7 Å². The monoisotopic (exact) mass is 388 g/mol. The second kappa shape index (κ2) is 9.45. The lowest BCUT2D eigenvalue weighted by molar-refractivity contribution is 0.168. The summed E-state index contributed by atoms with van der Waals surface area (Å²) in [4.78, 5) is 12.0. The van der Waals surface area contributed by atoms with Crippen molar-refractivity contribution in [2.45, 2.75) is 77.8 Å². The van der Waals surface area contributed by atoms with Gasteiger partial charge in [0, 0.05) is 30.9 Å². The highest BCUT2D eigenvalue weighted by Crippen LogP contribution is 2.26. The zero-order valence-electron chi connectivity index (χ0n) is 17.6. The van der Waals surface area contributed by atoms with Gasteiger partial charge >= 0.3 is 0 Å². The Morgan fingerprint density at radius 2 is 2.11 bits per heavy atom. The molecule has 0 spiro atoms. The summed E-state index contributed by atoms with van der Waals surface area (Å²) >= 11 is 0. The number of piperidine rings is 1. The molecule has 3 rings (SSSR count). The van der Waals surface area contributed by atoms with E-state index in [0.29, 0.717) is 46.8 Å². The van der Waals surface area contributed by atoms with Crippen LogP contribution in [0.5, 0.6) is 0 Å². The third-order valence-corrected chi connectivity index (χ3v) is 6.05. The molecule has 1 saturated carbocycles. The number of hydrogen-bond donors (Lipinski definition) is 4. The summed E-state index contributed by atoms with van der Waals surface area (Å²) in [5.41, 5.74) is 9.94. The van der Waals surface area contributed by atoms with E-state index < -0.39 is 0 Å². The lowest BCUT2D eigenvalue weighted by Crippen LogP contribution is -2.53. The van der Waals surface area contributed by atoms with Gasteiger partial charge in [0.15, 0.2) is 0 Å². The van der Waals surface area contributed by atoms with Gasteiger partial charge in [-0.25, -0.2) is 5.48 Å². The summed E-state index contributed by atoms with van der Waals surface area (Å²) in [6.45, 7) is 7.66. The number of hydroxylamine groups is 1. The van der Waals surface area contributed by atoms with Gasteiger partial charge in [-0.15, -0.1) is 0 Å². The van der Waals surface area contributed by atoms with Crippen LogP contribution in [-0.4, -0.2) is 41.7 Å². The number of amidine groups is 2. The highest BCUT2D eigenvalue weighted by atomic mass is 16.7. The molecule has 0 amide bonds. The van der Waals surface area contributed by atoms with Crippen molar-refractivity contribution in [2.75, 3.05) is 13.1 Å². The van der Waals surface area contributed by atoms with Gasteiger partial charge < -0.3 is 20.8 Å². The molecule has 7 heteroatoms. The summed E-state index contributed by atoms with van der Waals surface area (Å²) in [6, 6.07) is 1.22. The Morgan fingerprint density at radius 3 is 2.71 bits per heavy atom. The van der Waals surface area contributed by atoms with E-state index in [1.807, 2.05) is 13.8 Å². The molecule has 0 radical (unpaired) electrons. The van der Waals surface area contributed by atoms with Crippen LogP contribution in [0, 0.1) is 11.3 Å². The van der Waals surface area contributed by atoms with E-state index in [1.165, 1.54) is 32.1 Å². The maximum absolute atomic E-state index is 8.82. The fourth-order valence-corrected chi connectivity index (χ4v) is 4.51. The van der Waals surface area contributed by atoms with Gasteiger partial charge in [-0.2, -0.15) is 4.99 Å². The van der Waals surface area contributed by atoms with Crippen LogP contribution in [0.1, 0.15) is 65.7 Å². The lowest BCUT2D eigenvalue weighted by atomic mass is 9.87. The Hall–Kier alpha value is -2.02. The van der Waals surface area contributed by atoms with Crippen molar-refractivity contribution < 1.29 is 4.84 Å². The molecule has 1 aliphatic carbocycles. The average Bonchev–Trinajstić information content (AvgIpc) is 3.12. The second-order valence-corrected chi connectivity index (χ2v) is 8.37. The van der Waals surface area contributed by atoms with E-state index in [2.05, 4.69) is 27.6 Å². The van der Waals surface area contributed by atoms with E-state index >= 15 is 0 Å². The Bertz CT molecular complexity index is 658. The first kappa shape index (κ1) is 20.7. The maximum atomic E-state index is 8.82. The molecule has 1 saturated heterocycles. The number of likely N-dealkylation sites (tertiary alicyclic amines) is 1. The normalized spacial score (nSPS) is 28.5. The van der Waals surface area contributed by atoms with Crippen LogP contribution in [0.2, 0.25) is 0 Å². The molecule has 0 aromatic rings. The first-order valence-corrected chi connectivity index (χ1v) is 10.7. The smallest absolute Gasteiger partial charge is 0.258 e. The van der Waals surface area contributed by atoms with Crippen LogP contribution in [0.25, 0.3) is 0 Å². The quantitative estimate of drug-likeness (QED) is 0.429. The first-order valence-electron chi connectivity index (χ1n) is 10.7. The van der Waals surface area contributed by atoms with Gasteiger partial charge in [-0.1, -0.05) is 32.6 Å². The molecule has 156 valence electrons. The van der Waals surface area contributed by atoms with Crippen molar-refractivity contribution in [1.82, 2.24) is 15.7 Å². The second-order valence-electron chi connectivity index (χ2n) is 8.37. The number of aliphatic imine (C=N–C) groups is 1. The summed E-state index contributed by atoms with van der Waals surface area (Å²) in [5, 5.41) is 12.8. The fraction of sp³-hybridized carbons (Fsp3) is 0.714. The summed E-state index contributed by atoms with van der Waals surface area (Å²) in [7, 11) is 0. The molecule has 3 aliphatic rings. The van der Waals surface area contributed by atoms with Crippen molar-refractivity contribution >= 4 is 11.7 Å². The summed E-state index contributed by atoms with van der Waals surface area (Å²) in [5.74, 6) is 2.08. The lowest BCUT2D eigenvalue weighted by Gasteiger charge is -2.42. The third kappa shape index (κ3) is 5.07. The highest BCUT2D eigenvalue weighted by molar-refractivity contribution is 5.99. The van der Waals surface area contributed by atoms with Crippen LogP contribution in [0.15, 0.2) is 28.2 Å². The topological polar surface area (TPSA) is 98.8 Å². The third-order valence-electron chi connectivity index (χ3n) is 6.05. The van der Waals surface area contributed by atoms with Crippen molar-refractivity contribution in [3.05, 3.63) is 23.2 Å². The molecule has 0 aromatic heterocycles.